The topological polar surface area (TPSA) is 149 Å². The second-order valence-electron chi connectivity index (χ2n) is 20.4. The van der Waals surface area contributed by atoms with Crippen LogP contribution in [0.25, 0.3) is 0 Å². The molecule has 7 unspecified atom stereocenters. The van der Waals surface area contributed by atoms with E-state index in [1.165, 1.54) is 148 Å². The zero-order valence-electron chi connectivity index (χ0n) is 45.7. The van der Waals surface area contributed by atoms with Gasteiger partial charge >= 0.3 is 0 Å². The van der Waals surface area contributed by atoms with Gasteiger partial charge in [0.15, 0.2) is 6.29 Å². The Morgan fingerprint density at radius 3 is 1.35 bits per heavy atom. The molecule has 9 nitrogen and oxygen atoms in total. The molecule has 1 saturated heterocycles. The number of allylic oxidation sites excluding steroid dienone is 11. The van der Waals surface area contributed by atoms with Crippen LogP contribution in [0.4, 0.5) is 0 Å². The first-order chi connectivity index (χ1) is 34.8. The van der Waals surface area contributed by atoms with Crippen molar-refractivity contribution in [3.05, 3.63) is 72.9 Å². The average molecular weight is 999 g/mol. The van der Waals surface area contributed by atoms with Crippen LogP contribution in [0.1, 0.15) is 258 Å². The second kappa shape index (κ2) is 51.1. The molecule has 1 amide bonds. The molecule has 0 radical (unpaired) electrons. The normalized spacial score (nSPS) is 19.8. The monoisotopic (exact) mass is 998 g/mol. The molecule has 0 aromatic carbocycles. The van der Waals surface area contributed by atoms with Crippen molar-refractivity contribution in [2.45, 2.75) is 301 Å². The lowest BCUT2D eigenvalue weighted by atomic mass is 9.99. The fraction of sp³-hybridized carbons (Fsp3) is 0.790. The van der Waals surface area contributed by atoms with Crippen molar-refractivity contribution < 1.29 is 39.8 Å². The van der Waals surface area contributed by atoms with Crippen LogP contribution in [-0.4, -0.2) is 87.5 Å². The minimum Gasteiger partial charge on any atom is -0.394 e. The summed E-state index contributed by atoms with van der Waals surface area (Å²) in [4.78, 5) is 13.0. The maximum Gasteiger partial charge on any atom is 0.220 e. The van der Waals surface area contributed by atoms with E-state index in [9.17, 15) is 30.3 Å². The molecule has 1 heterocycles. The third kappa shape index (κ3) is 40.7. The van der Waals surface area contributed by atoms with Gasteiger partial charge in [0, 0.05) is 6.42 Å². The van der Waals surface area contributed by atoms with Crippen LogP contribution in [-0.2, 0) is 14.3 Å². The number of rotatable bonds is 50. The first kappa shape index (κ1) is 66.6. The molecule has 0 aromatic heterocycles. The van der Waals surface area contributed by atoms with Crippen molar-refractivity contribution >= 4 is 5.91 Å². The number of unbranched alkanes of at least 4 members (excludes halogenated alkanes) is 30. The van der Waals surface area contributed by atoms with E-state index in [1.807, 2.05) is 6.08 Å². The molecule has 1 aliphatic heterocycles. The summed E-state index contributed by atoms with van der Waals surface area (Å²) >= 11 is 0. The lowest BCUT2D eigenvalue weighted by Crippen LogP contribution is -2.60. The standard InChI is InChI=1S/C62H111NO8/c1-3-5-7-9-11-13-15-17-19-21-23-24-25-26-27-28-29-30-31-32-34-35-37-39-41-43-45-47-49-51-56(65)55(54-70-62-61(69)60(68)59(67)57(53-64)71-62)63-58(66)52-50-48-46-44-42-40-38-36-33-22-20-18-16-14-12-10-8-6-4-2/h6,8,12,14,18,20,33,36,41,43,49,51,55-57,59-62,64-65,67-69H,3-5,7,9-11,13,15-17,19,21-32,34-35,37-40,42,44-48,50,52-54H2,1-2H3,(H,63,66)/b8-6-,14-12-,20-18-,36-33-,43-41+,51-49+. The molecule has 1 fully saturated rings. The van der Waals surface area contributed by atoms with E-state index in [0.717, 1.165) is 89.9 Å². The largest absolute Gasteiger partial charge is 0.394 e. The Morgan fingerprint density at radius 1 is 0.493 bits per heavy atom. The van der Waals surface area contributed by atoms with Crippen LogP contribution in [0.15, 0.2) is 72.9 Å². The van der Waals surface area contributed by atoms with E-state index in [1.54, 1.807) is 6.08 Å². The third-order valence-electron chi connectivity index (χ3n) is 13.8. The molecule has 9 heteroatoms. The molecule has 412 valence electrons. The van der Waals surface area contributed by atoms with Gasteiger partial charge in [-0.05, 0) is 70.6 Å². The Bertz CT molecular complexity index is 1340. The number of nitrogens with one attached hydrogen (secondary N) is 1. The van der Waals surface area contributed by atoms with Gasteiger partial charge in [-0.2, -0.15) is 0 Å². The SMILES string of the molecule is CC/C=C\C/C=C\C/C=C\C/C=C\CCCCCCCCC(=O)NC(COC1OC(CO)C(O)C(O)C1O)C(O)/C=C/CC/C=C/CCCCCCCCCCCCCCCCCCCCCCCCC. The van der Waals surface area contributed by atoms with Crippen molar-refractivity contribution in [1.29, 1.82) is 0 Å². The van der Waals surface area contributed by atoms with Crippen molar-refractivity contribution in [3.63, 3.8) is 0 Å². The van der Waals surface area contributed by atoms with Gasteiger partial charge in [-0.1, -0.05) is 254 Å². The van der Waals surface area contributed by atoms with Gasteiger partial charge in [-0.15, -0.1) is 0 Å². The molecule has 1 rings (SSSR count). The van der Waals surface area contributed by atoms with Crippen LogP contribution >= 0.6 is 0 Å². The van der Waals surface area contributed by atoms with Gasteiger partial charge in [-0.3, -0.25) is 4.79 Å². The number of hydrogen-bond acceptors (Lipinski definition) is 8. The highest BCUT2D eigenvalue weighted by atomic mass is 16.7. The number of ether oxygens (including phenoxy) is 2. The number of aliphatic hydroxyl groups excluding tert-OH is 5. The van der Waals surface area contributed by atoms with E-state index >= 15 is 0 Å². The Kier molecular flexibility index (Phi) is 48.0. The Balaban J connectivity index is 2.23. The highest BCUT2D eigenvalue weighted by Crippen LogP contribution is 2.23. The maximum absolute atomic E-state index is 13.0. The first-order valence-electron chi connectivity index (χ1n) is 29.7. The molecular formula is C62H111NO8. The molecule has 1 aliphatic rings. The van der Waals surface area contributed by atoms with Crippen LogP contribution in [0, 0.1) is 0 Å². The predicted octanol–water partition coefficient (Wildman–Crippen LogP) is 14.8. The van der Waals surface area contributed by atoms with E-state index in [0.29, 0.717) is 6.42 Å². The Hall–Kier alpha value is -2.37. The van der Waals surface area contributed by atoms with Crippen LogP contribution in [0.3, 0.4) is 0 Å². The van der Waals surface area contributed by atoms with Gasteiger partial charge in [0.1, 0.15) is 24.4 Å². The molecule has 0 spiro atoms. The quantitative estimate of drug-likeness (QED) is 0.0261. The molecule has 6 N–H and O–H groups in total. The van der Waals surface area contributed by atoms with Gasteiger partial charge in [0.25, 0.3) is 0 Å². The maximum atomic E-state index is 13.0. The summed E-state index contributed by atoms with van der Waals surface area (Å²) in [5, 5.41) is 54.5. The number of aliphatic hydroxyl groups is 5. The van der Waals surface area contributed by atoms with Gasteiger partial charge in [-0.25, -0.2) is 0 Å². The van der Waals surface area contributed by atoms with Crippen molar-refractivity contribution in [3.8, 4) is 0 Å². The zero-order valence-corrected chi connectivity index (χ0v) is 45.7. The molecule has 0 saturated carbocycles. The average Bonchev–Trinajstić information content (AvgIpc) is 3.37. The zero-order chi connectivity index (χ0) is 51.5. The predicted molar refractivity (Wildman–Crippen MR) is 299 cm³/mol. The van der Waals surface area contributed by atoms with Gasteiger partial charge in [0.2, 0.25) is 5.91 Å². The lowest BCUT2D eigenvalue weighted by molar-refractivity contribution is -0.302. The highest BCUT2D eigenvalue weighted by Gasteiger charge is 2.44. The minimum atomic E-state index is -1.58. The number of carbonyl (C=O) groups excluding carboxylic acids is 1. The minimum absolute atomic E-state index is 0.201. The molecule has 71 heavy (non-hydrogen) atoms. The highest BCUT2D eigenvalue weighted by molar-refractivity contribution is 5.76. The lowest BCUT2D eigenvalue weighted by Gasteiger charge is -2.40. The second-order valence-corrected chi connectivity index (χ2v) is 20.4. The van der Waals surface area contributed by atoms with Crippen molar-refractivity contribution in [2.24, 2.45) is 0 Å². The van der Waals surface area contributed by atoms with E-state index in [4.69, 9.17) is 9.47 Å². The molecular weight excluding hydrogens is 887 g/mol. The summed E-state index contributed by atoms with van der Waals surface area (Å²) < 4.78 is 11.3. The first-order valence-corrected chi connectivity index (χ1v) is 29.7. The summed E-state index contributed by atoms with van der Waals surface area (Å²) in [7, 11) is 0. The fourth-order valence-electron chi connectivity index (χ4n) is 9.11. The fourth-order valence-corrected chi connectivity index (χ4v) is 9.11. The van der Waals surface area contributed by atoms with E-state index in [-0.39, 0.29) is 12.5 Å². The summed E-state index contributed by atoms with van der Waals surface area (Å²) in [5.74, 6) is -0.201. The third-order valence-corrected chi connectivity index (χ3v) is 13.8. The van der Waals surface area contributed by atoms with Gasteiger partial charge < -0.3 is 40.3 Å². The molecule has 0 aromatic rings. The van der Waals surface area contributed by atoms with Gasteiger partial charge in [0.05, 0.1) is 25.4 Å². The Morgan fingerprint density at radius 2 is 0.887 bits per heavy atom. The smallest absolute Gasteiger partial charge is 0.220 e. The number of amides is 1. The number of hydrogen-bond donors (Lipinski definition) is 6. The summed E-state index contributed by atoms with van der Waals surface area (Å²) in [5.41, 5.74) is 0. The van der Waals surface area contributed by atoms with Crippen LogP contribution < -0.4 is 5.32 Å². The molecule has 0 aliphatic carbocycles. The Labute approximate surface area is 436 Å². The van der Waals surface area contributed by atoms with Crippen molar-refractivity contribution in [2.75, 3.05) is 13.2 Å². The van der Waals surface area contributed by atoms with E-state index < -0.39 is 49.5 Å². The summed E-state index contributed by atoms with van der Waals surface area (Å²) in [6, 6.07) is -0.834. The van der Waals surface area contributed by atoms with Crippen LogP contribution in [0.2, 0.25) is 0 Å². The summed E-state index contributed by atoms with van der Waals surface area (Å²) in [6.07, 6.45) is 64.1. The van der Waals surface area contributed by atoms with Crippen LogP contribution in [0.5, 0.6) is 0 Å². The molecule has 7 atom stereocenters. The molecule has 0 bridgehead atoms. The van der Waals surface area contributed by atoms with E-state index in [2.05, 4.69) is 79.9 Å². The van der Waals surface area contributed by atoms with Crippen molar-refractivity contribution in [1.82, 2.24) is 5.32 Å². The summed E-state index contributed by atoms with van der Waals surface area (Å²) in [6.45, 7) is 3.66. The number of carbonyl (C=O) groups is 1.